The van der Waals surface area contributed by atoms with Crippen LogP contribution in [0.5, 0.6) is 0 Å². The van der Waals surface area contributed by atoms with Crippen molar-refractivity contribution in [1.82, 2.24) is 0 Å². The quantitative estimate of drug-likeness (QED) is 0.297. The molecular formula is C5H12ClNaO5. The normalized spacial score (nSPS) is 16.8. The summed E-state index contributed by atoms with van der Waals surface area (Å²) in [6, 6.07) is 0. The Labute approximate surface area is 98.7 Å². The molecule has 5 N–H and O–H groups in total. The molecule has 0 aliphatic rings. The molecule has 0 rings (SSSR count). The molecule has 0 amide bonds. The van der Waals surface area contributed by atoms with E-state index in [1.165, 1.54) is 0 Å². The van der Waals surface area contributed by atoms with E-state index in [9.17, 15) is 0 Å². The molecule has 70 valence electrons. The fourth-order valence-electron chi connectivity index (χ4n) is 0.472. The Morgan fingerprint density at radius 1 is 0.833 bits per heavy atom. The van der Waals surface area contributed by atoms with Gasteiger partial charge in [-0.05, 0) is 0 Å². The van der Waals surface area contributed by atoms with Crippen LogP contribution < -0.4 is 42.0 Å². The third-order valence-corrected chi connectivity index (χ3v) is 1.16. The third-order valence-electron chi connectivity index (χ3n) is 1.16. The van der Waals surface area contributed by atoms with E-state index in [1.807, 2.05) is 0 Å². The Morgan fingerprint density at radius 3 is 1.25 bits per heavy atom. The van der Waals surface area contributed by atoms with E-state index in [2.05, 4.69) is 0 Å². The van der Waals surface area contributed by atoms with Gasteiger partial charge in [-0.25, -0.2) is 0 Å². The van der Waals surface area contributed by atoms with Crippen molar-refractivity contribution >= 4 is 0 Å². The Balaban J connectivity index is -0.000000405. The molecule has 2 atom stereocenters. The zero-order chi connectivity index (χ0) is 8.15. The summed E-state index contributed by atoms with van der Waals surface area (Å²) in [4.78, 5) is 0. The Morgan fingerprint density at radius 2 is 1.08 bits per heavy atom. The van der Waals surface area contributed by atoms with Gasteiger partial charge in [-0.2, -0.15) is 0 Å². The summed E-state index contributed by atoms with van der Waals surface area (Å²) in [6.45, 7) is -1.28. The van der Waals surface area contributed by atoms with Crippen LogP contribution in [-0.2, 0) is 0 Å². The first-order valence-corrected chi connectivity index (χ1v) is 2.89. The molecule has 2 unspecified atom stereocenters. The van der Waals surface area contributed by atoms with Crippen molar-refractivity contribution in [1.29, 1.82) is 0 Å². The van der Waals surface area contributed by atoms with Gasteiger partial charge in [0, 0.05) is 0 Å². The van der Waals surface area contributed by atoms with Crippen LogP contribution in [0.25, 0.3) is 0 Å². The SMILES string of the molecule is OCC(O)C(O)C(O)CO.[Cl-].[Na+]. The minimum absolute atomic E-state index is 0. The van der Waals surface area contributed by atoms with Gasteiger partial charge in [-0.15, -0.1) is 0 Å². The van der Waals surface area contributed by atoms with E-state index in [0.29, 0.717) is 0 Å². The summed E-state index contributed by atoms with van der Waals surface area (Å²) in [5, 5.41) is 42.6. The predicted octanol–water partition coefficient (Wildman–Crippen LogP) is -8.94. The van der Waals surface area contributed by atoms with E-state index in [4.69, 9.17) is 25.5 Å². The summed E-state index contributed by atoms with van der Waals surface area (Å²) < 4.78 is 0. The standard InChI is InChI=1S/C5H12O5.ClH.Na/c6-1-3(8)5(10)4(9)2-7;;/h3-10H,1-2H2;1H;/q;;+1/p-1. The molecule has 12 heavy (non-hydrogen) atoms. The van der Waals surface area contributed by atoms with Crippen LogP contribution in [0, 0.1) is 0 Å². The van der Waals surface area contributed by atoms with Gasteiger partial charge in [-0.3, -0.25) is 0 Å². The van der Waals surface area contributed by atoms with E-state index >= 15 is 0 Å². The third kappa shape index (κ3) is 6.59. The molecule has 0 saturated heterocycles. The average molecular weight is 211 g/mol. The van der Waals surface area contributed by atoms with Gasteiger partial charge < -0.3 is 37.9 Å². The number of rotatable bonds is 4. The maximum Gasteiger partial charge on any atom is 1.00 e. The fraction of sp³-hybridized carbons (Fsp3) is 1.00. The van der Waals surface area contributed by atoms with E-state index in [0.717, 1.165) is 0 Å². The first kappa shape index (κ1) is 18.8. The van der Waals surface area contributed by atoms with Gasteiger partial charge in [0.1, 0.15) is 18.3 Å². The number of aliphatic hydroxyl groups is 5. The van der Waals surface area contributed by atoms with Gasteiger partial charge >= 0.3 is 29.6 Å². The molecule has 5 nitrogen and oxygen atoms in total. The molecule has 7 heteroatoms. The first-order chi connectivity index (χ1) is 4.63. The maximum atomic E-state index is 8.77. The van der Waals surface area contributed by atoms with Crippen LogP contribution in [0.2, 0.25) is 0 Å². The van der Waals surface area contributed by atoms with Crippen molar-refractivity contribution in [3.8, 4) is 0 Å². The molecular weight excluding hydrogens is 198 g/mol. The molecule has 0 fully saturated rings. The van der Waals surface area contributed by atoms with Gasteiger partial charge in [0.2, 0.25) is 0 Å². The molecule has 0 aromatic heterocycles. The molecule has 0 bridgehead atoms. The van der Waals surface area contributed by atoms with E-state index in [1.54, 1.807) is 0 Å². The van der Waals surface area contributed by atoms with Crippen LogP contribution in [0.4, 0.5) is 0 Å². The van der Waals surface area contributed by atoms with Gasteiger partial charge in [-0.1, -0.05) is 0 Å². The Bertz CT molecular complexity index is 85.9. The number of hydrogen-bond donors (Lipinski definition) is 5. The maximum absolute atomic E-state index is 8.77. The summed E-state index contributed by atoms with van der Waals surface area (Å²) in [6.07, 6.45) is -4.29. The second-order valence-corrected chi connectivity index (χ2v) is 1.99. The second-order valence-electron chi connectivity index (χ2n) is 1.99. The average Bonchev–Trinajstić information content (AvgIpc) is 2.00. The van der Waals surface area contributed by atoms with Crippen LogP contribution in [0.15, 0.2) is 0 Å². The topological polar surface area (TPSA) is 101 Å². The van der Waals surface area contributed by atoms with Crippen LogP contribution >= 0.6 is 0 Å². The number of halogens is 1. The second kappa shape index (κ2) is 10.2. The molecule has 0 saturated carbocycles. The molecule has 0 heterocycles. The Kier molecular flexibility index (Phi) is 15.9. The largest absolute Gasteiger partial charge is 1.00 e. The summed E-state index contributed by atoms with van der Waals surface area (Å²) >= 11 is 0. The molecule has 0 aliphatic heterocycles. The minimum Gasteiger partial charge on any atom is -1.00 e. The van der Waals surface area contributed by atoms with Crippen LogP contribution in [-0.4, -0.2) is 57.1 Å². The van der Waals surface area contributed by atoms with E-state index in [-0.39, 0.29) is 42.0 Å². The summed E-state index contributed by atoms with van der Waals surface area (Å²) in [5.74, 6) is 0. The minimum atomic E-state index is -1.49. The van der Waals surface area contributed by atoms with Crippen molar-refractivity contribution in [2.24, 2.45) is 0 Å². The number of hydrogen-bond acceptors (Lipinski definition) is 5. The molecule has 0 aromatic rings. The van der Waals surface area contributed by atoms with Crippen LogP contribution in [0.3, 0.4) is 0 Å². The zero-order valence-electron chi connectivity index (χ0n) is 6.76. The summed E-state index contributed by atoms with van der Waals surface area (Å²) in [7, 11) is 0. The number of aliphatic hydroxyl groups excluding tert-OH is 5. The van der Waals surface area contributed by atoms with Gasteiger partial charge in [0.05, 0.1) is 13.2 Å². The van der Waals surface area contributed by atoms with Gasteiger partial charge in [0.25, 0.3) is 0 Å². The van der Waals surface area contributed by atoms with E-state index < -0.39 is 31.5 Å². The van der Waals surface area contributed by atoms with Crippen LogP contribution in [0.1, 0.15) is 0 Å². The van der Waals surface area contributed by atoms with Crippen molar-refractivity contribution < 1.29 is 67.5 Å². The predicted molar refractivity (Wildman–Crippen MR) is 32.2 cm³/mol. The molecule has 0 spiro atoms. The fourth-order valence-corrected chi connectivity index (χ4v) is 0.472. The van der Waals surface area contributed by atoms with Crippen molar-refractivity contribution in [3.05, 3.63) is 0 Å². The van der Waals surface area contributed by atoms with Gasteiger partial charge in [0.15, 0.2) is 0 Å². The smallest absolute Gasteiger partial charge is 1.00 e. The summed E-state index contributed by atoms with van der Waals surface area (Å²) in [5.41, 5.74) is 0. The first-order valence-electron chi connectivity index (χ1n) is 2.89. The van der Waals surface area contributed by atoms with Crippen molar-refractivity contribution in [2.45, 2.75) is 18.3 Å². The molecule has 0 aromatic carbocycles. The zero-order valence-corrected chi connectivity index (χ0v) is 9.52. The van der Waals surface area contributed by atoms with Crippen molar-refractivity contribution in [3.63, 3.8) is 0 Å². The molecule has 0 aliphatic carbocycles. The van der Waals surface area contributed by atoms with Crippen molar-refractivity contribution in [2.75, 3.05) is 13.2 Å². The monoisotopic (exact) mass is 210 g/mol. The Hall–Kier alpha value is 1.09. The molecule has 0 radical (unpaired) electrons.